The third-order valence-electron chi connectivity index (χ3n) is 4.83. The van der Waals surface area contributed by atoms with E-state index < -0.39 is 6.10 Å². The summed E-state index contributed by atoms with van der Waals surface area (Å²) in [7, 11) is 0. The average molecular weight is 329 g/mol. The molecule has 2 atom stereocenters. The summed E-state index contributed by atoms with van der Waals surface area (Å²) >= 11 is 0. The number of halogens is 1. The van der Waals surface area contributed by atoms with Crippen LogP contribution >= 0.6 is 0 Å². The lowest BCUT2D eigenvalue weighted by Gasteiger charge is -2.43. The molecule has 3 aromatic carbocycles. The predicted molar refractivity (Wildman–Crippen MR) is 97.2 cm³/mol. The van der Waals surface area contributed by atoms with Crippen molar-refractivity contribution in [2.24, 2.45) is 0 Å². The van der Waals surface area contributed by atoms with Gasteiger partial charge in [-0.1, -0.05) is 60.7 Å². The van der Waals surface area contributed by atoms with Gasteiger partial charge in [0.15, 0.2) is 6.23 Å². The van der Waals surface area contributed by atoms with Crippen LogP contribution in [0.2, 0.25) is 0 Å². The van der Waals surface area contributed by atoms with Gasteiger partial charge in [-0.2, -0.15) is 0 Å². The molecule has 0 amide bonds. The molecule has 2 aliphatic rings. The SMILES string of the molecule is Fc1ccccc1C1OC2C=Cc3ccccc3N2c2ccccc21. The summed E-state index contributed by atoms with van der Waals surface area (Å²) in [4.78, 5) is 2.18. The number of nitrogens with zero attached hydrogens (tertiary/aromatic N) is 1. The maximum absolute atomic E-state index is 14.4. The Labute approximate surface area is 145 Å². The highest BCUT2D eigenvalue weighted by Gasteiger charge is 2.36. The van der Waals surface area contributed by atoms with Crippen molar-refractivity contribution >= 4 is 17.5 Å². The van der Waals surface area contributed by atoms with Crippen molar-refractivity contribution < 1.29 is 9.13 Å². The summed E-state index contributed by atoms with van der Waals surface area (Å²) in [5.74, 6) is -0.240. The van der Waals surface area contributed by atoms with Gasteiger partial charge < -0.3 is 9.64 Å². The molecule has 0 spiro atoms. The van der Waals surface area contributed by atoms with Gasteiger partial charge in [0.05, 0.1) is 11.4 Å². The van der Waals surface area contributed by atoms with Gasteiger partial charge >= 0.3 is 0 Å². The van der Waals surface area contributed by atoms with Crippen molar-refractivity contribution in [3.8, 4) is 0 Å². The van der Waals surface area contributed by atoms with Gasteiger partial charge in [0.25, 0.3) is 0 Å². The molecule has 122 valence electrons. The second kappa shape index (κ2) is 5.57. The standard InChI is InChI=1S/C22H16FNO/c23-18-10-4-2-8-16(18)22-17-9-3-6-12-20(17)24-19-11-5-1-7-15(19)13-14-21(24)25-22/h1-14,21-22H. The average Bonchev–Trinajstić information content (AvgIpc) is 2.67. The molecular weight excluding hydrogens is 313 g/mol. The number of benzene rings is 3. The molecule has 0 aromatic heterocycles. The van der Waals surface area contributed by atoms with Crippen LogP contribution < -0.4 is 4.90 Å². The Kier molecular flexibility index (Phi) is 3.22. The second-order valence-electron chi connectivity index (χ2n) is 6.27. The van der Waals surface area contributed by atoms with Crippen LogP contribution in [0, 0.1) is 5.82 Å². The monoisotopic (exact) mass is 329 g/mol. The number of ether oxygens (including phenoxy) is 1. The first kappa shape index (κ1) is 14.4. The summed E-state index contributed by atoms with van der Waals surface area (Å²) < 4.78 is 20.8. The van der Waals surface area contributed by atoms with E-state index in [-0.39, 0.29) is 12.0 Å². The van der Waals surface area contributed by atoms with E-state index in [2.05, 4.69) is 29.2 Å². The first-order valence-corrected chi connectivity index (χ1v) is 8.38. The number of fused-ring (bicyclic) bond motifs is 5. The Morgan fingerprint density at radius 3 is 2.28 bits per heavy atom. The maximum Gasteiger partial charge on any atom is 0.155 e. The van der Waals surface area contributed by atoms with Gasteiger partial charge in [-0.15, -0.1) is 0 Å². The first-order valence-electron chi connectivity index (χ1n) is 8.38. The largest absolute Gasteiger partial charge is 0.341 e. The van der Waals surface area contributed by atoms with E-state index in [1.807, 2.05) is 42.5 Å². The molecule has 5 rings (SSSR count). The number of para-hydroxylation sites is 2. The fourth-order valence-corrected chi connectivity index (χ4v) is 3.70. The maximum atomic E-state index is 14.4. The van der Waals surface area contributed by atoms with Crippen LogP contribution in [-0.2, 0) is 4.74 Å². The lowest BCUT2D eigenvalue weighted by molar-refractivity contribution is 0.0283. The van der Waals surface area contributed by atoms with Gasteiger partial charge in [0.2, 0.25) is 0 Å². The van der Waals surface area contributed by atoms with Crippen molar-refractivity contribution in [1.29, 1.82) is 0 Å². The van der Waals surface area contributed by atoms with Crippen LogP contribution in [0.15, 0.2) is 78.9 Å². The molecule has 0 bridgehead atoms. The molecule has 0 saturated carbocycles. The van der Waals surface area contributed by atoms with Gasteiger partial charge in [-0.05, 0) is 29.8 Å². The summed E-state index contributed by atoms with van der Waals surface area (Å²) in [6.07, 6.45) is 3.43. The molecule has 0 saturated heterocycles. The lowest BCUT2D eigenvalue weighted by Crippen LogP contribution is -2.40. The number of hydrogen-bond acceptors (Lipinski definition) is 2. The highest BCUT2D eigenvalue weighted by molar-refractivity contribution is 5.80. The van der Waals surface area contributed by atoms with Gasteiger partial charge in [0, 0.05) is 11.1 Å². The molecule has 2 unspecified atom stereocenters. The normalized spacial score (nSPS) is 20.6. The lowest BCUT2D eigenvalue weighted by atomic mass is 9.94. The molecule has 0 N–H and O–H groups in total. The zero-order valence-electron chi connectivity index (χ0n) is 13.5. The van der Waals surface area contributed by atoms with E-state index in [1.54, 1.807) is 12.1 Å². The minimum atomic E-state index is -0.423. The van der Waals surface area contributed by atoms with Crippen molar-refractivity contribution in [1.82, 2.24) is 0 Å². The van der Waals surface area contributed by atoms with Gasteiger partial charge in [-0.3, -0.25) is 0 Å². The summed E-state index contributed by atoms with van der Waals surface area (Å²) in [6, 6.07) is 23.2. The molecular formula is C22H16FNO. The van der Waals surface area contributed by atoms with Gasteiger partial charge in [0.1, 0.15) is 11.9 Å². The van der Waals surface area contributed by atoms with E-state index in [9.17, 15) is 4.39 Å². The van der Waals surface area contributed by atoms with E-state index >= 15 is 0 Å². The Hall–Kier alpha value is -2.91. The number of rotatable bonds is 1. The second-order valence-corrected chi connectivity index (χ2v) is 6.27. The minimum absolute atomic E-state index is 0.240. The molecule has 25 heavy (non-hydrogen) atoms. The van der Waals surface area contributed by atoms with Crippen LogP contribution in [0.1, 0.15) is 22.8 Å². The van der Waals surface area contributed by atoms with Crippen LogP contribution in [-0.4, -0.2) is 6.23 Å². The molecule has 3 aromatic rings. The number of anilines is 2. The summed E-state index contributed by atoms with van der Waals surface area (Å²) in [5.41, 5.74) is 4.87. The van der Waals surface area contributed by atoms with E-state index in [4.69, 9.17) is 4.74 Å². The van der Waals surface area contributed by atoms with Gasteiger partial charge in [-0.25, -0.2) is 4.39 Å². The molecule has 3 heteroatoms. The van der Waals surface area contributed by atoms with Crippen molar-refractivity contribution in [3.63, 3.8) is 0 Å². The molecule has 0 fully saturated rings. The first-order chi connectivity index (χ1) is 12.3. The van der Waals surface area contributed by atoms with Crippen LogP contribution in [0.3, 0.4) is 0 Å². The minimum Gasteiger partial charge on any atom is -0.341 e. The van der Waals surface area contributed by atoms with E-state index in [0.717, 1.165) is 22.5 Å². The van der Waals surface area contributed by atoms with E-state index in [0.29, 0.717) is 5.56 Å². The predicted octanol–water partition coefficient (Wildman–Crippen LogP) is 5.44. The fraction of sp³-hybridized carbons (Fsp3) is 0.0909. The van der Waals surface area contributed by atoms with E-state index in [1.165, 1.54) is 6.07 Å². The van der Waals surface area contributed by atoms with Crippen molar-refractivity contribution in [2.45, 2.75) is 12.3 Å². The van der Waals surface area contributed by atoms with Crippen LogP contribution in [0.5, 0.6) is 0 Å². The smallest absolute Gasteiger partial charge is 0.155 e. The summed E-state index contributed by atoms with van der Waals surface area (Å²) in [5, 5.41) is 0. The van der Waals surface area contributed by atoms with Crippen LogP contribution in [0.25, 0.3) is 6.08 Å². The molecule has 2 nitrogen and oxygen atoms in total. The zero-order valence-corrected chi connectivity index (χ0v) is 13.5. The molecule has 0 radical (unpaired) electrons. The topological polar surface area (TPSA) is 12.5 Å². The zero-order chi connectivity index (χ0) is 16.8. The highest BCUT2D eigenvalue weighted by atomic mass is 19.1. The molecule has 0 aliphatic carbocycles. The Morgan fingerprint density at radius 2 is 1.44 bits per heavy atom. The number of hydrogen-bond donors (Lipinski definition) is 0. The third kappa shape index (κ3) is 2.20. The highest BCUT2D eigenvalue weighted by Crippen LogP contribution is 2.46. The molecule has 2 aliphatic heterocycles. The third-order valence-corrected chi connectivity index (χ3v) is 4.83. The summed E-state index contributed by atoms with van der Waals surface area (Å²) in [6.45, 7) is 0. The van der Waals surface area contributed by atoms with Crippen molar-refractivity contribution in [3.05, 3.63) is 101 Å². The quantitative estimate of drug-likeness (QED) is 0.590. The Morgan fingerprint density at radius 1 is 0.760 bits per heavy atom. The Bertz CT molecular complexity index is 981. The molecule has 2 heterocycles. The Balaban J connectivity index is 1.71. The van der Waals surface area contributed by atoms with Crippen molar-refractivity contribution in [2.75, 3.05) is 4.90 Å². The fourth-order valence-electron chi connectivity index (χ4n) is 3.70. The van der Waals surface area contributed by atoms with Crippen LogP contribution in [0.4, 0.5) is 15.8 Å².